The minimum atomic E-state index is -0.0898. The Labute approximate surface area is 187 Å². The van der Waals surface area contributed by atoms with Gasteiger partial charge in [0.2, 0.25) is 5.91 Å². The van der Waals surface area contributed by atoms with Crippen LogP contribution in [0.5, 0.6) is 0 Å². The third-order valence-corrected chi connectivity index (χ3v) is 4.87. The summed E-state index contributed by atoms with van der Waals surface area (Å²) in [7, 11) is 0. The molecule has 2 aromatic rings. The van der Waals surface area contributed by atoms with Gasteiger partial charge in [-0.05, 0) is 50.6 Å². The van der Waals surface area contributed by atoms with E-state index in [1.165, 1.54) is 9.75 Å². The van der Waals surface area contributed by atoms with Crippen LogP contribution in [0.1, 0.15) is 28.7 Å². The van der Waals surface area contributed by atoms with E-state index >= 15 is 0 Å². The van der Waals surface area contributed by atoms with Crippen LogP contribution >= 0.6 is 46.9 Å². The Bertz CT molecular complexity index is 779. The number of carbonyl (C=O) groups excluding carboxylic acids is 1. The van der Waals surface area contributed by atoms with Gasteiger partial charge in [0.25, 0.3) is 0 Å². The lowest BCUT2D eigenvalue weighted by Crippen LogP contribution is -2.38. The molecule has 8 heteroatoms. The minimum absolute atomic E-state index is 0. The maximum Gasteiger partial charge on any atom is 0.226 e. The van der Waals surface area contributed by atoms with E-state index in [2.05, 4.69) is 40.0 Å². The first-order valence-electron chi connectivity index (χ1n) is 8.61. The maximum absolute atomic E-state index is 12.1. The van der Waals surface area contributed by atoms with Crippen molar-refractivity contribution < 1.29 is 4.79 Å². The smallest absolute Gasteiger partial charge is 0.226 e. The summed E-state index contributed by atoms with van der Waals surface area (Å²) < 4.78 is 0. The van der Waals surface area contributed by atoms with Crippen molar-refractivity contribution in [1.29, 1.82) is 0 Å². The molecule has 0 radical (unpaired) electrons. The van der Waals surface area contributed by atoms with Crippen molar-refractivity contribution in [2.45, 2.75) is 33.7 Å². The van der Waals surface area contributed by atoms with Crippen molar-refractivity contribution >= 4 is 64.5 Å². The molecule has 1 aromatic carbocycles. The number of halogens is 2. The number of nitrogens with zero attached hydrogens (tertiary/aromatic N) is 1. The summed E-state index contributed by atoms with van der Waals surface area (Å²) in [5.74, 6) is 0.618. The van der Waals surface area contributed by atoms with Crippen LogP contribution in [-0.2, 0) is 11.3 Å². The number of hydrogen-bond donors (Lipinski definition) is 3. The number of aliphatic imine (C=N–C) groups is 1. The van der Waals surface area contributed by atoms with Crippen LogP contribution in [0.3, 0.4) is 0 Å². The average molecular weight is 521 g/mol. The molecule has 0 bridgehead atoms. The number of carbonyl (C=O) groups is 1. The Balaban J connectivity index is 0.00000364. The fourth-order valence-electron chi connectivity index (χ4n) is 2.30. The van der Waals surface area contributed by atoms with Gasteiger partial charge in [-0.3, -0.25) is 4.79 Å². The number of nitrogens with one attached hydrogen (secondary N) is 3. The fourth-order valence-corrected chi connectivity index (χ4v) is 3.39. The number of hydrogen-bond acceptors (Lipinski definition) is 3. The second-order valence-corrected chi connectivity index (χ2v) is 7.70. The average Bonchev–Trinajstić information content (AvgIpc) is 3.00. The Hall–Kier alpha value is -1.32. The van der Waals surface area contributed by atoms with E-state index in [1.807, 2.05) is 32.0 Å². The molecule has 0 aliphatic heterocycles. The van der Waals surface area contributed by atoms with Crippen molar-refractivity contribution in [2.24, 2.45) is 4.99 Å². The first-order chi connectivity index (χ1) is 12.5. The number of thiophene rings is 1. The topological polar surface area (TPSA) is 65.5 Å². The molecule has 1 amide bonds. The third kappa shape index (κ3) is 8.49. The zero-order valence-corrected chi connectivity index (χ0v) is 19.7. The van der Waals surface area contributed by atoms with Gasteiger partial charge < -0.3 is 16.0 Å². The van der Waals surface area contributed by atoms with Gasteiger partial charge >= 0.3 is 0 Å². The summed E-state index contributed by atoms with van der Waals surface area (Å²) in [4.78, 5) is 19.1. The lowest BCUT2D eigenvalue weighted by molar-refractivity contribution is -0.116. The number of anilines is 1. The summed E-state index contributed by atoms with van der Waals surface area (Å²) in [6.45, 7) is 7.93. The number of guanidine groups is 1. The summed E-state index contributed by atoms with van der Waals surface area (Å²) >= 11 is 7.88. The number of rotatable bonds is 7. The SMILES string of the molecule is CCNC(=NCc1ccc(C)s1)NCCC(=O)Nc1ccc(C)cc1Cl.I. The second-order valence-electron chi connectivity index (χ2n) is 5.92. The molecular formula is C19H26ClIN4OS. The van der Waals surface area contributed by atoms with Gasteiger partial charge in [0, 0.05) is 29.3 Å². The lowest BCUT2D eigenvalue weighted by atomic mass is 10.2. The largest absolute Gasteiger partial charge is 0.357 e. The Morgan fingerprint density at radius 2 is 1.96 bits per heavy atom. The molecule has 0 unspecified atom stereocenters. The van der Waals surface area contributed by atoms with Gasteiger partial charge in [0.15, 0.2) is 5.96 Å². The van der Waals surface area contributed by atoms with E-state index in [0.717, 1.165) is 12.1 Å². The van der Waals surface area contributed by atoms with Gasteiger partial charge in [-0.1, -0.05) is 17.7 Å². The summed E-state index contributed by atoms with van der Waals surface area (Å²) in [5.41, 5.74) is 1.69. The van der Waals surface area contributed by atoms with E-state index < -0.39 is 0 Å². The van der Waals surface area contributed by atoms with Gasteiger partial charge in [-0.25, -0.2) is 4.99 Å². The van der Waals surface area contributed by atoms with E-state index in [9.17, 15) is 4.79 Å². The van der Waals surface area contributed by atoms with Gasteiger partial charge in [-0.15, -0.1) is 35.3 Å². The quantitative estimate of drug-likeness (QED) is 0.281. The molecule has 0 saturated carbocycles. The molecule has 0 saturated heterocycles. The molecule has 1 aromatic heterocycles. The Morgan fingerprint density at radius 1 is 1.19 bits per heavy atom. The molecule has 1 heterocycles. The van der Waals surface area contributed by atoms with Crippen LogP contribution in [0.4, 0.5) is 5.69 Å². The van der Waals surface area contributed by atoms with Crippen LogP contribution in [-0.4, -0.2) is 25.0 Å². The van der Waals surface area contributed by atoms with Gasteiger partial charge in [0.05, 0.1) is 17.3 Å². The van der Waals surface area contributed by atoms with E-state index in [-0.39, 0.29) is 29.9 Å². The van der Waals surface area contributed by atoms with Gasteiger partial charge in [0.1, 0.15) is 0 Å². The monoisotopic (exact) mass is 520 g/mol. The summed E-state index contributed by atoms with van der Waals surface area (Å²) in [6, 6.07) is 9.75. The molecule has 0 aliphatic rings. The van der Waals surface area contributed by atoms with Crippen molar-refractivity contribution in [3.63, 3.8) is 0 Å². The highest BCUT2D eigenvalue weighted by molar-refractivity contribution is 14.0. The van der Waals surface area contributed by atoms with Crippen molar-refractivity contribution in [1.82, 2.24) is 10.6 Å². The molecule has 27 heavy (non-hydrogen) atoms. The van der Waals surface area contributed by atoms with Gasteiger partial charge in [-0.2, -0.15) is 0 Å². The van der Waals surface area contributed by atoms with Crippen molar-refractivity contribution in [2.75, 3.05) is 18.4 Å². The highest BCUT2D eigenvalue weighted by Gasteiger charge is 2.07. The van der Waals surface area contributed by atoms with Crippen molar-refractivity contribution in [3.05, 3.63) is 50.7 Å². The van der Waals surface area contributed by atoms with E-state index in [4.69, 9.17) is 11.6 Å². The van der Waals surface area contributed by atoms with E-state index in [1.54, 1.807) is 11.3 Å². The molecule has 0 atom stereocenters. The molecule has 148 valence electrons. The van der Waals surface area contributed by atoms with Crippen LogP contribution in [0.25, 0.3) is 0 Å². The predicted molar refractivity (Wildman–Crippen MR) is 127 cm³/mol. The maximum atomic E-state index is 12.1. The summed E-state index contributed by atoms with van der Waals surface area (Å²) in [5, 5.41) is 9.76. The molecule has 3 N–H and O–H groups in total. The zero-order valence-electron chi connectivity index (χ0n) is 15.8. The highest BCUT2D eigenvalue weighted by atomic mass is 127. The first kappa shape index (κ1) is 23.7. The third-order valence-electron chi connectivity index (χ3n) is 3.58. The normalized spacial score (nSPS) is 10.9. The minimum Gasteiger partial charge on any atom is -0.357 e. The highest BCUT2D eigenvalue weighted by Crippen LogP contribution is 2.22. The molecule has 0 aliphatic carbocycles. The number of benzene rings is 1. The summed E-state index contributed by atoms with van der Waals surface area (Å²) in [6.07, 6.45) is 0.326. The standard InChI is InChI=1S/C19H25ClN4OS.HI/c1-4-21-19(23-12-15-7-6-14(3)26-15)22-10-9-18(25)24-17-8-5-13(2)11-16(17)20;/h5-8,11H,4,9-10,12H2,1-3H3,(H,24,25)(H2,21,22,23);1H. The number of amides is 1. The fraction of sp³-hybridized carbons (Fsp3) is 0.368. The molecular weight excluding hydrogens is 495 g/mol. The predicted octanol–water partition coefficient (Wildman–Crippen LogP) is 4.72. The molecule has 5 nitrogen and oxygen atoms in total. The second kappa shape index (κ2) is 12.2. The lowest BCUT2D eigenvalue weighted by Gasteiger charge is -2.12. The Kier molecular flexibility index (Phi) is 10.7. The van der Waals surface area contributed by atoms with E-state index in [0.29, 0.717) is 36.2 Å². The van der Waals surface area contributed by atoms with Crippen LogP contribution in [0.2, 0.25) is 5.02 Å². The number of aryl methyl sites for hydroxylation is 2. The zero-order chi connectivity index (χ0) is 18.9. The van der Waals surface area contributed by atoms with Crippen LogP contribution < -0.4 is 16.0 Å². The van der Waals surface area contributed by atoms with Crippen molar-refractivity contribution in [3.8, 4) is 0 Å². The molecule has 0 spiro atoms. The van der Waals surface area contributed by atoms with Crippen LogP contribution in [0, 0.1) is 13.8 Å². The first-order valence-corrected chi connectivity index (χ1v) is 9.81. The Morgan fingerprint density at radius 3 is 2.59 bits per heavy atom. The molecule has 2 rings (SSSR count). The van der Waals surface area contributed by atoms with Crippen LogP contribution in [0.15, 0.2) is 35.3 Å². The molecule has 0 fully saturated rings.